The lowest BCUT2D eigenvalue weighted by atomic mass is 9.71. The molecule has 9 N–H and O–H groups in total. The van der Waals surface area contributed by atoms with Crippen LogP contribution in [0, 0.1) is 0 Å². The summed E-state index contributed by atoms with van der Waals surface area (Å²) in [6.45, 7) is 0.502. The molecule has 62 heavy (non-hydrogen) atoms. The molecule has 5 aromatic carbocycles. The molecule has 18 nitrogen and oxygen atoms in total. The number of rotatable bonds is 10. The highest BCUT2D eigenvalue weighted by Crippen LogP contribution is 2.53. The Morgan fingerprint density at radius 2 is 1.69 bits per heavy atom. The molecule has 0 amide bonds. The van der Waals surface area contributed by atoms with E-state index < -0.39 is 106 Å². The van der Waals surface area contributed by atoms with Gasteiger partial charge in [0.25, 0.3) is 10.0 Å². The second kappa shape index (κ2) is 16.2. The number of carbonyl (C=O) groups excluding carboxylic acids is 2. The number of sulfonamides is 1. The number of fused-ring (bicyclic) bond motifs is 4. The van der Waals surface area contributed by atoms with Gasteiger partial charge in [-0.3, -0.25) is 9.59 Å². The van der Waals surface area contributed by atoms with Crippen LogP contribution in [0.5, 0.6) is 23.0 Å². The minimum Gasteiger partial charge on any atom is -0.508 e. The minimum atomic E-state index is -4.62. The number of phenolic OH excluding ortho intramolecular Hbond substituents is 3. The van der Waals surface area contributed by atoms with Crippen LogP contribution in [0.4, 0.5) is 11.4 Å². The molecular formula is C43H41N5O13S. The van der Waals surface area contributed by atoms with E-state index in [2.05, 4.69) is 20.2 Å². The van der Waals surface area contributed by atoms with Crippen molar-refractivity contribution in [1.29, 1.82) is 0 Å². The summed E-state index contributed by atoms with van der Waals surface area (Å²) in [6, 6.07) is 18.8. The smallest absolute Gasteiger partial charge is 0.276 e. The van der Waals surface area contributed by atoms with Gasteiger partial charge in [0.1, 0.15) is 28.6 Å². The number of azo groups is 1. The Kier molecular flexibility index (Phi) is 11.1. The Hall–Kier alpha value is -6.32. The number of methoxy groups -OCH3 is 1. The van der Waals surface area contributed by atoms with E-state index in [4.69, 9.17) is 19.9 Å². The third-order valence-electron chi connectivity index (χ3n) is 11.4. The molecule has 0 radical (unpaired) electrons. The number of ketones is 2. The fourth-order valence-electron chi connectivity index (χ4n) is 8.21. The van der Waals surface area contributed by atoms with E-state index in [0.717, 1.165) is 0 Å². The molecule has 1 saturated heterocycles. The van der Waals surface area contributed by atoms with Crippen LogP contribution in [0.2, 0.25) is 0 Å². The third kappa shape index (κ3) is 7.42. The number of nitrogens with two attached hydrogens (primary N) is 1. The molecule has 0 saturated carbocycles. The Morgan fingerprint density at radius 3 is 2.40 bits per heavy atom. The summed E-state index contributed by atoms with van der Waals surface area (Å²) in [4.78, 5) is 29.8. The van der Waals surface area contributed by atoms with E-state index in [1.807, 2.05) is 0 Å². The molecule has 1 heterocycles. The Labute approximate surface area is 353 Å². The first kappa shape index (κ1) is 42.4. The molecule has 2 aliphatic carbocycles. The number of nitrogens with zero attached hydrogens (tertiary/aromatic N) is 3. The first-order chi connectivity index (χ1) is 29.5. The van der Waals surface area contributed by atoms with Crippen molar-refractivity contribution in [2.24, 2.45) is 21.1 Å². The Balaban J connectivity index is 1.20. The number of ether oxygens (including phenoxy) is 3. The molecule has 0 aromatic heterocycles. The highest BCUT2D eigenvalue weighted by Gasteiger charge is 2.49. The molecule has 8 rings (SSSR count). The molecule has 1 aliphatic heterocycles. The third-order valence-corrected chi connectivity index (χ3v) is 12.5. The first-order valence-corrected chi connectivity index (χ1v) is 20.8. The van der Waals surface area contributed by atoms with E-state index in [9.17, 15) is 48.6 Å². The van der Waals surface area contributed by atoms with Crippen molar-refractivity contribution < 1.29 is 62.9 Å². The molecule has 6 atom stereocenters. The molecular weight excluding hydrogens is 827 g/mol. The van der Waals surface area contributed by atoms with E-state index in [-0.39, 0.29) is 50.8 Å². The van der Waals surface area contributed by atoms with Crippen LogP contribution in [-0.4, -0.2) is 100 Å². The maximum Gasteiger partial charge on any atom is 0.276 e. The summed E-state index contributed by atoms with van der Waals surface area (Å²) in [6.07, 6.45) is -5.90. The maximum atomic E-state index is 14.1. The van der Waals surface area contributed by atoms with Gasteiger partial charge in [-0.15, -0.1) is 5.11 Å². The van der Waals surface area contributed by atoms with Crippen molar-refractivity contribution in [2.75, 3.05) is 13.7 Å². The minimum absolute atomic E-state index is 0.0458. The van der Waals surface area contributed by atoms with Crippen LogP contribution in [0.3, 0.4) is 0 Å². The van der Waals surface area contributed by atoms with Gasteiger partial charge in [0.05, 0.1) is 70.7 Å². The van der Waals surface area contributed by atoms with Crippen LogP contribution >= 0.6 is 0 Å². The van der Waals surface area contributed by atoms with Crippen LogP contribution in [0.25, 0.3) is 10.8 Å². The van der Waals surface area contributed by atoms with Gasteiger partial charge in [-0.25, -0.2) is 0 Å². The monoisotopic (exact) mass is 867 g/mol. The number of hydrazone groups is 1. The molecule has 0 bridgehead atoms. The van der Waals surface area contributed by atoms with Crippen LogP contribution < -0.4 is 15.3 Å². The highest BCUT2D eigenvalue weighted by atomic mass is 32.2. The van der Waals surface area contributed by atoms with Gasteiger partial charge in [0.2, 0.25) is 5.78 Å². The predicted octanol–water partition coefficient (Wildman–Crippen LogP) is 4.04. The zero-order valence-corrected chi connectivity index (χ0v) is 33.9. The van der Waals surface area contributed by atoms with E-state index >= 15 is 0 Å². The second-order valence-corrected chi connectivity index (χ2v) is 16.9. The largest absolute Gasteiger partial charge is 0.508 e. The van der Waals surface area contributed by atoms with E-state index in [1.165, 1.54) is 55.6 Å². The fourth-order valence-corrected chi connectivity index (χ4v) is 9.09. The lowest BCUT2D eigenvalue weighted by Crippen LogP contribution is -2.53. The van der Waals surface area contributed by atoms with Crippen molar-refractivity contribution in [2.45, 2.75) is 67.3 Å². The number of phenols is 3. The maximum absolute atomic E-state index is 14.1. The number of aliphatic hydroxyl groups is 3. The number of benzene rings is 5. The normalized spacial score (nSPS) is 23.8. The molecule has 1 fully saturated rings. The Morgan fingerprint density at radius 1 is 0.952 bits per heavy atom. The molecule has 19 heteroatoms. The van der Waals surface area contributed by atoms with Crippen molar-refractivity contribution >= 4 is 49.4 Å². The van der Waals surface area contributed by atoms with Crippen molar-refractivity contribution in [3.8, 4) is 23.0 Å². The summed E-state index contributed by atoms with van der Waals surface area (Å²) >= 11 is 0. The predicted molar refractivity (Wildman–Crippen MR) is 221 cm³/mol. The lowest BCUT2D eigenvalue weighted by molar-refractivity contribution is -0.245. The van der Waals surface area contributed by atoms with Gasteiger partial charge in [0, 0.05) is 47.4 Å². The van der Waals surface area contributed by atoms with Gasteiger partial charge >= 0.3 is 0 Å². The molecule has 5 aromatic rings. The topological polar surface area (TPSA) is 292 Å². The summed E-state index contributed by atoms with van der Waals surface area (Å²) in [5.41, 5.74) is 1.97. The summed E-state index contributed by atoms with van der Waals surface area (Å²) < 4.78 is 45.4. The zero-order valence-electron chi connectivity index (χ0n) is 33.1. The second-order valence-electron chi connectivity index (χ2n) is 15.3. The molecule has 322 valence electrons. The van der Waals surface area contributed by atoms with Crippen LogP contribution in [0.15, 0.2) is 99.1 Å². The molecule has 0 spiro atoms. The van der Waals surface area contributed by atoms with Gasteiger partial charge < -0.3 is 50.6 Å². The van der Waals surface area contributed by atoms with Gasteiger partial charge in [0.15, 0.2) is 12.1 Å². The van der Waals surface area contributed by atoms with Crippen molar-refractivity contribution in [1.82, 2.24) is 4.83 Å². The number of hydrogen-bond donors (Lipinski definition) is 8. The summed E-state index contributed by atoms with van der Waals surface area (Å²) in [7, 11) is -3.32. The van der Waals surface area contributed by atoms with Crippen LogP contribution in [-0.2, 0) is 25.9 Å². The average Bonchev–Trinajstić information content (AvgIpc) is 3.25. The molecule has 3 aliphatic rings. The first-order valence-electron chi connectivity index (χ1n) is 19.3. The fraction of sp³-hybridized carbons (Fsp3) is 0.279. The quantitative estimate of drug-likeness (QED) is 0.0418. The molecule has 1 unspecified atom stereocenters. The SMILES string of the molecule is COc1cccc2c1C(=O)c1c(O)c3c(c(O)c1C2=O)C[C@](O)(/C(CO)=N/NS(=O)(=O)c1cc(N=Nc2ccccc2)c2cc(O)ccc2c1)C[C@@H]3O[C@H]1C[C@@H](N)[C@H](O)C(C)O1. The zero-order chi connectivity index (χ0) is 44.2. The Bertz CT molecular complexity index is 2810. The van der Waals surface area contributed by atoms with Gasteiger partial charge in [-0.05, 0) is 54.8 Å². The number of aliphatic hydroxyl groups excluding tert-OH is 2. The summed E-state index contributed by atoms with van der Waals surface area (Å²) in [5, 5.41) is 80.8. The van der Waals surface area contributed by atoms with Gasteiger partial charge in [-0.2, -0.15) is 23.5 Å². The average molecular weight is 868 g/mol. The summed E-state index contributed by atoms with van der Waals surface area (Å²) in [5.74, 6) is -3.25. The number of aromatic hydroxyl groups is 3. The highest BCUT2D eigenvalue weighted by molar-refractivity contribution is 7.89. The van der Waals surface area contributed by atoms with E-state index in [0.29, 0.717) is 16.5 Å². The standard InChI is InChI=1S/C43H41N5O13S/c1-20-38(51)28(44)16-33(60-20)61-31-18-43(56,17-27-35(31)42(55)37-36(40(27)53)39(52)25-9-6-10-30(59-2)34(25)41(37)54)32(19-49)47-48-62(57,58)24-13-21-11-12-23(50)14-26(21)29(15-24)46-45-22-7-4-3-5-8-22/h3-15,20,28,31,33,38,48-51,53,55-56H,16-19,44H2,1-2H3/b46-45?,47-32+/t20?,28-,31+,33+,38-,43-/m1/s1. The number of hydrogen-bond acceptors (Lipinski definition) is 17. The number of carbonyl (C=O) groups is 2. The van der Waals surface area contributed by atoms with E-state index in [1.54, 1.807) is 37.3 Å². The number of nitrogens with one attached hydrogen (secondary N) is 1. The van der Waals surface area contributed by atoms with Crippen molar-refractivity contribution in [3.63, 3.8) is 0 Å². The van der Waals surface area contributed by atoms with Crippen LogP contribution in [0.1, 0.15) is 68.8 Å². The van der Waals surface area contributed by atoms with Gasteiger partial charge in [-0.1, -0.05) is 36.4 Å². The van der Waals surface area contributed by atoms with Crippen molar-refractivity contribution in [3.05, 3.63) is 112 Å². The lowest BCUT2D eigenvalue weighted by Gasteiger charge is -2.43.